The molecule has 1 fully saturated rings. The van der Waals surface area contributed by atoms with E-state index in [2.05, 4.69) is 0 Å². The van der Waals surface area contributed by atoms with Gasteiger partial charge in [0, 0.05) is 0 Å². The van der Waals surface area contributed by atoms with Crippen LogP contribution >= 0.6 is 0 Å². The molecule has 0 aromatic rings. The van der Waals surface area contributed by atoms with E-state index in [4.69, 9.17) is 4.74 Å². The van der Waals surface area contributed by atoms with Crippen molar-refractivity contribution in [1.29, 1.82) is 0 Å². The third-order valence-electron chi connectivity index (χ3n) is 3.06. The van der Waals surface area contributed by atoms with E-state index in [9.17, 15) is 13.2 Å². The van der Waals surface area contributed by atoms with Crippen LogP contribution in [0.5, 0.6) is 0 Å². The monoisotopic (exact) mass is 262 g/mol. The molecule has 0 spiro atoms. The standard InChI is InChI=1S/C12H22O4S/c1-2-3-8-16-12(13)10-17(14,15)9-11-6-4-5-7-11/h11H,2-10H2,1H3. The first kappa shape index (κ1) is 14.5. The van der Waals surface area contributed by atoms with E-state index in [0.717, 1.165) is 38.5 Å². The molecule has 5 heteroatoms. The average molecular weight is 262 g/mol. The Morgan fingerprint density at radius 2 is 1.94 bits per heavy atom. The second-order valence-corrected chi connectivity index (χ2v) is 6.89. The van der Waals surface area contributed by atoms with Crippen molar-refractivity contribution >= 4 is 15.8 Å². The molecule has 0 bridgehead atoms. The average Bonchev–Trinajstić information content (AvgIpc) is 2.69. The first-order chi connectivity index (χ1) is 8.03. The molecule has 0 N–H and O–H groups in total. The van der Waals surface area contributed by atoms with Gasteiger partial charge in [0.25, 0.3) is 0 Å². The molecule has 0 saturated heterocycles. The van der Waals surface area contributed by atoms with Crippen LogP contribution in [-0.4, -0.2) is 32.5 Å². The topological polar surface area (TPSA) is 60.4 Å². The van der Waals surface area contributed by atoms with Gasteiger partial charge >= 0.3 is 5.97 Å². The van der Waals surface area contributed by atoms with Crippen LogP contribution in [0.2, 0.25) is 0 Å². The second-order valence-electron chi connectivity index (χ2n) is 4.78. The Labute approximate surface area is 104 Å². The zero-order chi connectivity index (χ0) is 12.7. The van der Waals surface area contributed by atoms with E-state index >= 15 is 0 Å². The molecule has 0 aromatic heterocycles. The zero-order valence-corrected chi connectivity index (χ0v) is 11.3. The Kier molecular flexibility index (Phi) is 5.95. The predicted molar refractivity (Wildman–Crippen MR) is 66.5 cm³/mol. The maximum atomic E-state index is 11.7. The number of ether oxygens (including phenoxy) is 1. The molecule has 4 nitrogen and oxygen atoms in total. The minimum Gasteiger partial charge on any atom is -0.465 e. The van der Waals surface area contributed by atoms with Crippen molar-refractivity contribution in [2.24, 2.45) is 5.92 Å². The predicted octanol–water partition coefficient (Wildman–Crippen LogP) is 1.93. The van der Waals surface area contributed by atoms with Gasteiger partial charge in [-0.05, 0) is 25.2 Å². The first-order valence-corrected chi connectivity index (χ1v) is 8.21. The lowest BCUT2D eigenvalue weighted by Crippen LogP contribution is -2.24. The normalized spacial score (nSPS) is 17.2. The summed E-state index contributed by atoms with van der Waals surface area (Å²) in [6.07, 6.45) is 5.90. The van der Waals surface area contributed by atoms with E-state index < -0.39 is 21.6 Å². The summed E-state index contributed by atoms with van der Waals surface area (Å²) in [4.78, 5) is 11.3. The minimum absolute atomic E-state index is 0.149. The van der Waals surface area contributed by atoms with Crippen molar-refractivity contribution in [2.45, 2.75) is 45.4 Å². The molecule has 0 amide bonds. The van der Waals surface area contributed by atoms with Gasteiger partial charge in [-0.25, -0.2) is 8.42 Å². The smallest absolute Gasteiger partial charge is 0.321 e. The van der Waals surface area contributed by atoms with Crippen molar-refractivity contribution < 1.29 is 17.9 Å². The fourth-order valence-electron chi connectivity index (χ4n) is 2.15. The third-order valence-corrected chi connectivity index (χ3v) is 4.72. The maximum Gasteiger partial charge on any atom is 0.321 e. The van der Waals surface area contributed by atoms with Gasteiger partial charge in [-0.1, -0.05) is 26.2 Å². The molecule has 0 aliphatic heterocycles. The Bertz CT molecular complexity index is 328. The molecule has 0 radical (unpaired) electrons. The highest BCUT2D eigenvalue weighted by Crippen LogP contribution is 2.26. The number of hydrogen-bond donors (Lipinski definition) is 0. The Morgan fingerprint density at radius 3 is 2.53 bits per heavy atom. The fourth-order valence-corrected chi connectivity index (χ4v) is 3.76. The van der Waals surface area contributed by atoms with Crippen molar-refractivity contribution in [3.05, 3.63) is 0 Å². The van der Waals surface area contributed by atoms with E-state index in [1.165, 1.54) is 0 Å². The number of sulfone groups is 1. The first-order valence-electron chi connectivity index (χ1n) is 6.39. The summed E-state index contributed by atoms with van der Waals surface area (Å²) >= 11 is 0. The molecular weight excluding hydrogens is 240 g/mol. The van der Waals surface area contributed by atoms with Gasteiger partial charge in [0.05, 0.1) is 12.4 Å². The Hall–Kier alpha value is -0.580. The van der Waals surface area contributed by atoms with E-state index in [0.29, 0.717) is 6.61 Å². The fraction of sp³-hybridized carbons (Fsp3) is 0.917. The van der Waals surface area contributed by atoms with Crippen LogP contribution in [0.1, 0.15) is 45.4 Å². The van der Waals surface area contributed by atoms with Crippen LogP contribution in [0, 0.1) is 5.92 Å². The van der Waals surface area contributed by atoms with Crippen molar-refractivity contribution in [3.8, 4) is 0 Å². The number of carbonyl (C=O) groups is 1. The van der Waals surface area contributed by atoms with E-state index in [1.54, 1.807) is 0 Å². The second kappa shape index (κ2) is 6.99. The van der Waals surface area contributed by atoms with Crippen LogP contribution in [-0.2, 0) is 19.4 Å². The lowest BCUT2D eigenvalue weighted by atomic mass is 10.1. The molecule has 0 atom stereocenters. The largest absolute Gasteiger partial charge is 0.465 e. The molecular formula is C12H22O4S. The van der Waals surface area contributed by atoms with Gasteiger partial charge in [0.15, 0.2) is 9.84 Å². The van der Waals surface area contributed by atoms with Gasteiger partial charge in [0.2, 0.25) is 0 Å². The number of rotatable bonds is 7. The van der Waals surface area contributed by atoms with Gasteiger partial charge in [-0.2, -0.15) is 0 Å². The molecule has 100 valence electrons. The van der Waals surface area contributed by atoms with Crippen LogP contribution < -0.4 is 0 Å². The number of unbranched alkanes of at least 4 members (excludes halogenated alkanes) is 1. The highest BCUT2D eigenvalue weighted by molar-refractivity contribution is 7.92. The van der Waals surface area contributed by atoms with Gasteiger partial charge < -0.3 is 4.74 Å². The summed E-state index contributed by atoms with van der Waals surface area (Å²) in [6.45, 7) is 2.32. The zero-order valence-electron chi connectivity index (χ0n) is 10.5. The minimum atomic E-state index is -3.28. The van der Waals surface area contributed by atoms with Gasteiger partial charge in [0.1, 0.15) is 5.75 Å². The molecule has 0 aromatic carbocycles. The Morgan fingerprint density at radius 1 is 1.29 bits per heavy atom. The van der Waals surface area contributed by atoms with Gasteiger partial charge in [-0.3, -0.25) is 4.79 Å². The van der Waals surface area contributed by atoms with Crippen molar-refractivity contribution in [1.82, 2.24) is 0 Å². The molecule has 1 rings (SSSR count). The van der Waals surface area contributed by atoms with E-state index in [-0.39, 0.29) is 11.7 Å². The van der Waals surface area contributed by atoms with Crippen molar-refractivity contribution in [2.75, 3.05) is 18.1 Å². The van der Waals surface area contributed by atoms with E-state index in [1.807, 2.05) is 6.92 Å². The Balaban J connectivity index is 2.29. The summed E-state index contributed by atoms with van der Waals surface area (Å²) in [5.41, 5.74) is 0. The van der Waals surface area contributed by atoms with Crippen LogP contribution in [0.15, 0.2) is 0 Å². The van der Waals surface area contributed by atoms with Crippen molar-refractivity contribution in [3.63, 3.8) is 0 Å². The SMILES string of the molecule is CCCCOC(=O)CS(=O)(=O)CC1CCCC1. The molecule has 1 aliphatic rings. The molecule has 1 saturated carbocycles. The summed E-state index contributed by atoms with van der Waals surface area (Å²) in [5, 5.41) is 0. The highest BCUT2D eigenvalue weighted by atomic mass is 32.2. The lowest BCUT2D eigenvalue weighted by Gasteiger charge is -2.09. The van der Waals surface area contributed by atoms with Crippen LogP contribution in [0.3, 0.4) is 0 Å². The number of carbonyl (C=O) groups excluding carboxylic acids is 1. The molecule has 17 heavy (non-hydrogen) atoms. The maximum absolute atomic E-state index is 11.7. The highest BCUT2D eigenvalue weighted by Gasteiger charge is 2.25. The summed E-state index contributed by atoms with van der Waals surface area (Å²) in [5.74, 6) is -0.650. The van der Waals surface area contributed by atoms with Crippen LogP contribution in [0.4, 0.5) is 0 Å². The molecule has 1 aliphatic carbocycles. The van der Waals surface area contributed by atoms with Gasteiger partial charge in [-0.15, -0.1) is 0 Å². The van der Waals surface area contributed by atoms with Crippen LogP contribution in [0.25, 0.3) is 0 Å². The number of hydrogen-bond acceptors (Lipinski definition) is 4. The summed E-state index contributed by atoms with van der Waals surface area (Å²) in [6, 6.07) is 0. The summed E-state index contributed by atoms with van der Waals surface area (Å²) < 4.78 is 28.3. The molecule has 0 heterocycles. The molecule has 0 unspecified atom stereocenters. The summed E-state index contributed by atoms with van der Waals surface area (Å²) in [7, 11) is -3.28. The third kappa shape index (κ3) is 6.05. The lowest BCUT2D eigenvalue weighted by molar-refractivity contribution is -0.140. The number of esters is 1. The quantitative estimate of drug-likeness (QED) is 0.519.